The zero-order valence-corrected chi connectivity index (χ0v) is 9.67. The van der Waals surface area contributed by atoms with Crippen molar-refractivity contribution in [3.63, 3.8) is 0 Å². The van der Waals surface area contributed by atoms with Crippen LogP contribution in [0.15, 0.2) is 60.8 Å². The molecule has 0 N–H and O–H groups in total. The summed E-state index contributed by atoms with van der Waals surface area (Å²) >= 11 is 0. The van der Waals surface area contributed by atoms with Crippen LogP contribution in [0.4, 0.5) is 0 Å². The van der Waals surface area contributed by atoms with E-state index in [1.165, 1.54) is 10.8 Å². The zero-order chi connectivity index (χ0) is 12.4. The predicted octanol–water partition coefficient (Wildman–Crippen LogP) is 3.77. The van der Waals surface area contributed by atoms with Gasteiger partial charge < -0.3 is 0 Å². The lowest BCUT2D eigenvalue weighted by atomic mass is 10.0. The number of nitriles is 1. The molecule has 0 saturated heterocycles. The Bertz CT molecular complexity index is 732. The molecule has 1 heterocycles. The van der Waals surface area contributed by atoms with Crippen LogP contribution in [0.3, 0.4) is 0 Å². The van der Waals surface area contributed by atoms with Crippen molar-refractivity contribution in [2.75, 3.05) is 0 Å². The van der Waals surface area contributed by atoms with Crippen LogP contribution >= 0.6 is 0 Å². The standard InChI is InChI=1S/C16H10N2/c17-10-12-8-9-16(18-11-12)15-7-3-5-13-4-1-2-6-14(13)15/h1-9,11H. The van der Waals surface area contributed by atoms with Crippen LogP contribution in [0, 0.1) is 11.3 Å². The monoisotopic (exact) mass is 230 g/mol. The summed E-state index contributed by atoms with van der Waals surface area (Å²) < 4.78 is 0. The highest BCUT2D eigenvalue weighted by molar-refractivity contribution is 5.95. The van der Waals surface area contributed by atoms with E-state index >= 15 is 0 Å². The van der Waals surface area contributed by atoms with Gasteiger partial charge in [-0.2, -0.15) is 5.26 Å². The third-order valence-corrected chi connectivity index (χ3v) is 2.96. The van der Waals surface area contributed by atoms with Gasteiger partial charge in [-0.15, -0.1) is 0 Å². The molecule has 0 unspecified atom stereocenters. The Labute approximate surface area is 105 Å². The van der Waals surface area contributed by atoms with Gasteiger partial charge in [-0.05, 0) is 22.9 Å². The fraction of sp³-hybridized carbons (Fsp3) is 0. The molecule has 0 aliphatic rings. The molecule has 0 aliphatic heterocycles. The van der Waals surface area contributed by atoms with Gasteiger partial charge in [0.05, 0.1) is 11.3 Å². The van der Waals surface area contributed by atoms with Gasteiger partial charge in [0.2, 0.25) is 0 Å². The minimum Gasteiger partial charge on any atom is -0.255 e. The second-order valence-corrected chi connectivity index (χ2v) is 4.07. The number of hydrogen-bond acceptors (Lipinski definition) is 2. The summed E-state index contributed by atoms with van der Waals surface area (Å²) in [4.78, 5) is 4.35. The lowest BCUT2D eigenvalue weighted by Crippen LogP contribution is -1.86. The number of rotatable bonds is 1. The molecule has 3 rings (SSSR count). The van der Waals surface area contributed by atoms with Crippen molar-refractivity contribution in [3.8, 4) is 17.3 Å². The molecule has 18 heavy (non-hydrogen) atoms. The van der Waals surface area contributed by atoms with Gasteiger partial charge in [0.15, 0.2) is 0 Å². The van der Waals surface area contributed by atoms with Crippen molar-refractivity contribution >= 4 is 10.8 Å². The molecule has 2 nitrogen and oxygen atoms in total. The second-order valence-electron chi connectivity index (χ2n) is 4.07. The lowest BCUT2D eigenvalue weighted by Gasteiger charge is -2.05. The van der Waals surface area contributed by atoms with Crippen LogP contribution in [-0.2, 0) is 0 Å². The Balaban J connectivity index is 2.22. The molecule has 0 bridgehead atoms. The summed E-state index contributed by atoms with van der Waals surface area (Å²) in [5, 5.41) is 11.2. The molecule has 84 valence electrons. The SMILES string of the molecule is N#Cc1ccc(-c2cccc3ccccc23)nc1. The molecule has 3 aromatic rings. The summed E-state index contributed by atoms with van der Waals surface area (Å²) in [6, 6.07) is 20.2. The average Bonchev–Trinajstić information content (AvgIpc) is 2.47. The molecule has 0 aliphatic carbocycles. The number of aromatic nitrogens is 1. The first-order chi connectivity index (χ1) is 8.88. The van der Waals surface area contributed by atoms with E-state index in [-0.39, 0.29) is 0 Å². The lowest BCUT2D eigenvalue weighted by molar-refractivity contribution is 1.31. The molecule has 0 spiro atoms. The highest BCUT2D eigenvalue weighted by Crippen LogP contribution is 2.26. The largest absolute Gasteiger partial charge is 0.255 e. The first kappa shape index (κ1) is 10.5. The van der Waals surface area contributed by atoms with Crippen LogP contribution in [0.1, 0.15) is 5.56 Å². The second kappa shape index (κ2) is 4.31. The Morgan fingerprint density at radius 2 is 1.72 bits per heavy atom. The molecule has 2 heteroatoms. The van der Waals surface area contributed by atoms with E-state index in [4.69, 9.17) is 5.26 Å². The molecule has 0 radical (unpaired) electrons. The zero-order valence-electron chi connectivity index (χ0n) is 9.67. The molecule has 0 amide bonds. The average molecular weight is 230 g/mol. The maximum absolute atomic E-state index is 8.78. The van der Waals surface area contributed by atoms with Crippen LogP contribution in [0.2, 0.25) is 0 Å². The van der Waals surface area contributed by atoms with Crippen LogP contribution < -0.4 is 0 Å². The fourth-order valence-electron chi connectivity index (χ4n) is 2.07. The highest BCUT2D eigenvalue weighted by atomic mass is 14.7. The first-order valence-electron chi connectivity index (χ1n) is 5.73. The van der Waals surface area contributed by atoms with E-state index in [9.17, 15) is 0 Å². The van der Waals surface area contributed by atoms with Gasteiger partial charge in [0, 0.05) is 11.8 Å². The molecule has 0 saturated carbocycles. The van der Waals surface area contributed by atoms with Crippen molar-refractivity contribution in [1.29, 1.82) is 5.26 Å². The van der Waals surface area contributed by atoms with Gasteiger partial charge in [0.25, 0.3) is 0 Å². The van der Waals surface area contributed by atoms with E-state index < -0.39 is 0 Å². The molecule has 1 aromatic heterocycles. The Kier molecular flexibility index (Phi) is 2.51. The third-order valence-electron chi connectivity index (χ3n) is 2.96. The number of nitrogens with zero attached hydrogens (tertiary/aromatic N) is 2. The topological polar surface area (TPSA) is 36.7 Å². The van der Waals surface area contributed by atoms with Crippen LogP contribution in [-0.4, -0.2) is 4.98 Å². The summed E-state index contributed by atoms with van der Waals surface area (Å²) in [6.07, 6.45) is 1.61. The Morgan fingerprint density at radius 1 is 0.889 bits per heavy atom. The summed E-state index contributed by atoms with van der Waals surface area (Å²) in [7, 11) is 0. The van der Waals surface area contributed by atoms with Crippen molar-refractivity contribution in [3.05, 3.63) is 66.4 Å². The van der Waals surface area contributed by atoms with E-state index in [0.717, 1.165) is 11.3 Å². The van der Waals surface area contributed by atoms with Crippen molar-refractivity contribution in [1.82, 2.24) is 4.98 Å². The minimum atomic E-state index is 0.582. The summed E-state index contributed by atoms with van der Waals surface area (Å²) in [5.41, 5.74) is 2.57. The van der Waals surface area contributed by atoms with E-state index in [0.29, 0.717) is 5.56 Å². The predicted molar refractivity (Wildman–Crippen MR) is 71.9 cm³/mol. The summed E-state index contributed by atoms with van der Waals surface area (Å²) in [6.45, 7) is 0. The number of benzene rings is 2. The molecular formula is C16H10N2. The normalized spacial score (nSPS) is 10.2. The Morgan fingerprint density at radius 3 is 2.50 bits per heavy atom. The van der Waals surface area contributed by atoms with E-state index in [1.807, 2.05) is 24.3 Å². The number of fused-ring (bicyclic) bond motifs is 1. The maximum Gasteiger partial charge on any atom is 0.101 e. The van der Waals surface area contributed by atoms with Crippen LogP contribution in [0.5, 0.6) is 0 Å². The van der Waals surface area contributed by atoms with Gasteiger partial charge >= 0.3 is 0 Å². The molecule has 0 atom stereocenters. The highest BCUT2D eigenvalue weighted by Gasteiger charge is 2.04. The minimum absolute atomic E-state index is 0.582. The molecule has 2 aromatic carbocycles. The van der Waals surface area contributed by atoms with Gasteiger partial charge in [-0.1, -0.05) is 42.5 Å². The molecular weight excluding hydrogens is 220 g/mol. The summed E-state index contributed by atoms with van der Waals surface area (Å²) in [5.74, 6) is 0. The number of pyridine rings is 1. The van der Waals surface area contributed by atoms with Gasteiger partial charge in [0.1, 0.15) is 6.07 Å². The maximum atomic E-state index is 8.78. The Hall–Kier alpha value is -2.66. The van der Waals surface area contributed by atoms with Crippen molar-refractivity contribution < 1.29 is 0 Å². The fourth-order valence-corrected chi connectivity index (χ4v) is 2.07. The number of hydrogen-bond donors (Lipinski definition) is 0. The van der Waals surface area contributed by atoms with Gasteiger partial charge in [-0.3, -0.25) is 4.98 Å². The van der Waals surface area contributed by atoms with Crippen LogP contribution in [0.25, 0.3) is 22.0 Å². The smallest absolute Gasteiger partial charge is 0.101 e. The quantitative estimate of drug-likeness (QED) is 0.638. The van der Waals surface area contributed by atoms with Crippen molar-refractivity contribution in [2.45, 2.75) is 0 Å². The van der Waals surface area contributed by atoms with E-state index in [2.05, 4.69) is 35.3 Å². The van der Waals surface area contributed by atoms with Crippen molar-refractivity contribution in [2.24, 2.45) is 0 Å². The first-order valence-corrected chi connectivity index (χ1v) is 5.73. The van der Waals surface area contributed by atoms with E-state index in [1.54, 1.807) is 12.3 Å². The van der Waals surface area contributed by atoms with Gasteiger partial charge in [-0.25, -0.2) is 0 Å². The third kappa shape index (κ3) is 1.72. The molecule has 0 fully saturated rings.